The Morgan fingerprint density at radius 3 is 2.68 bits per heavy atom. The Balaban J connectivity index is 2.06. The minimum Gasteiger partial charge on any atom is -0.390 e. The second-order valence-electron chi connectivity index (χ2n) is 6.01. The largest absolute Gasteiger partial charge is 0.390 e. The van der Waals surface area contributed by atoms with Crippen molar-refractivity contribution in [2.75, 3.05) is 19.6 Å². The third kappa shape index (κ3) is 4.60. The van der Waals surface area contributed by atoms with Crippen molar-refractivity contribution in [3.8, 4) is 0 Å². The topological polar surface area (TPSA) is 35.5 Å². The average Bonchev–Trinajstić information content (AvgIpc) is 2.53. The van der Waals surface area contributed by atoms with Crippen molar-refractivity contribution < 1.29 is 5.11 Å². The van der Waals surface area contributed by atoms with E-state index in [1.165, 1.54) is 12.0 Å². The molecule has 1 aliphatic rings. The van der Waals surface area contributed by atoms with Crippen LogP contribution in [0.4, 0.5) is 0 Å². The number of aliphatic hydroxyl groups is 1. The molecule has 2 atom stereocenters. The van der Waals surface area contributed by atoms with Crippen LogP contribution in [0.2, 0.25) is 0 Å². The van der Waals surface area contributed by atoms with Crippen molar-refractivity contribution in [3.05, 3.63) is 35.9 Å². The van der Waals surface area contributed by atoms with E-state index in [2.05, 4.69) is 48.3 Å². The molecule has 2 N–H and O–H groups in total. The van der Waals surface area contributed by atoms with Crippen LogP contribution >= 0.6 is 0 Å². The number of nitrogens with one attached hydrogen (secondary N) is 1. The number of hydrogen-bond donors (Lipinski definition) is 2. The Kier molecular flexibility index (Phi) is 5.37. The summed E-state index contributed by atoms with van der Waals surface area (Å²) in [6, 6.07) is 11.1. The van der Waals surface area contributed by atoms with E-state index in [1.54, 1.807) is 0 Å². The summed E-state index contributed by atoms with van der Waals surface area (Å²) in [5, 5.41) is 13.4. The van der Waals surface area contributed by atoms with Crippen molar-refractivity contribution >= 4 is 0 Å². The third-order valence-electron chi connectivity index (χ3n) is 3.69. The molecule has 3 nitrogen and oxygen atoms in total. The van der Waals surface area contributed by atoms with Gasteiger partial charge in [0.1, 0.15) is 0 Å². The first-order chi connectivity index (χ1) is 9.15. The lowest BCUT2D eigenvalue weighted by Crippen LogP contribution is -2.41. The number of β-amino-alcohol motifs (C(OH)–C–C–N with tert-alkyl or cyclic N) is 1. The van der Waals surface area contributed by atoms with Gasteiger partial charge in [0.15, 0.2) is 0 Å². The van der Waals surface area contributed by atoms with Gasteiger partial charge < -0.3 is 10.4 Å². The Morgan fingerprint density at radius 1 is 1.26 bits per heavy atom. The Labute approximate surface area is 116 Å². The Bertz CT molecular complexity index is 366. The number of nitrogens with zero attached hydrogens (tertiary/aromatic N) is 1. The maximum Gasteiger partial charge on any atom is 0.0791 e. The molecule has 0 bridgehead atoms. The number of hydrogen-bond acceptors (Lipinski definition) is 3. The monoisotopic (exact) mass is 262 g/mol. The molecule has 1 aromatic rings. The standard InChI is InChI=1S/C16H26N2O/c1-13(2)8-15-9-17-10-16(19)12-18(15)11-14-6-4-3-5-7-14/h3-7,13,15-17,19H,8-12H2,1-2H3/t15-,16?/m0/s1. The number of aliphatic hydroxyl groups excluding tert-OH is 1. The summed E-state index contributed by atoms with van der Waals surface area (Å²) in [7, 11) is 0. The molecule has 0 saturated carbocycles. The van der Waals surface area contributed by atoms with E-state index in [0.717, 1.165) is 19.6 Å². The van der Waals surface area contributed by atoms with E-state index >= 15 is 0 Å². The van der Waals surface area contributed by atoms with Crippen molar-refractivity contribution in [1.82, 2.24) is 10.2 Å². The van der Waals surface area contributed by atoms with Crippen LogP contribution in [0, 0.1) is 5.92 Å². The first kappa shape index (κ1) is 14.5. The zero-order valence-corrected chi connectivity index (χ0v) is 12.0. The molecule has 1 fully saturated rings. The fourth-order valence-electron chi connectivity index (χ4n) is 2.82. The molecule has 0 amide bonds. The highest BCUT2D eigenvalue weighted by molar-refractivity contribution is 5.14. The van der Waals surface area contributed by atoms with E-state index in [9.17, 15) is 5.11 Å². The predicted octanol–water partition coefficient (Wildman–Crippen LogP) is 1.87. The predicted molar refractivity (Wildman–Crippen MR) is 79.0 cm³/mol. The van der Waals surface area contributed by atoms with Crippen LogP contribution in [-0.2, 0) is 6.54 Å². The van der Waals surface area contributed by atoms with Crippen LogP contribution < -0.4 is 5.32 Å². The van der Waals surface area contributed by atoms with Gasteiger partial charge in [-0.2, -0.15) is 0 Å². The van der Waals surface area contributed by atoms with Gasteiger partial charge in [0.2, 0.25) is 0 Å². The van der Waals surface area contributed by atoms with Gasteiger partial charge in [-0.3, -0.25) is 4.90 Å². The lowest BCUT2D eigenvalue weighted by atomic mass is 10.0. The van der Waals surface area contributed by atoms with Crippen LogP contribution in [0.3, 0.4) is 0 Å². The molecular weight excluding hydrogens is 236 g/mol. The summed E-state index contributed by atoms with van der Waals surface area (Å²) in [5.74, 6) is 0.681. The average molecular weight is 262 g/mol. The molecule has 3 heteroatoms. The molecule has 0 aliphatic carbocycles. The fraction of sp³-hybridized carbons (Fsp3) is 0.625. The second kappa shape index (κ2) is 7.04. The maximum atomic E-state index is 9.99. The molecule has 2 rings (SSSR count). The summed E-state index contributed by atoms with van der Waals surface area (Å²) in [6.45, 7) is 7.91. The zero-order valence-electron chi connectivity index (χ0n) is 12.0. The van der Waals surface area contributed by atoms with Crippen molar-refractivity contribution in [3.63, 3.8) is 0 Å². The Hall–Kier alpha value is -0.900. The summed E-state index contributed by atoms with van der Waals surface area (Å²) in [5.41, 5.74) is 1.32. The molecule has 1 saturated heterocycles. The molecule has 1 unspecified atom stereocenters. The number of rotatable bonds is 4. The quantitative estimate of drug-likeness (QED) is 0.869. The third-order valence-corrected chi connectivity index (χ3v) is 3.69. The molecule has 0 aromatic heterocycles. The van der Waals surface area contributed by atoms with Gasteiger partial charge in [0, 0.05) is 32.2 Å². The lowest BCUT2D eigenvalue weighted by molar-refractivity contribution is 0.0981. The van der Waals surface area contributed by atoms with Gasteiger partial charge in [-0.25, -0.2) is 0 Å². The molecule has 1 heterocycles. The van der Waals surface area contributed by atoms with Gasteiger partial charge in [0.05, 0.1) is 6.10 Å². The van der Waals surface area contributed by atoms with Gasteiger partial charge in [0.25, 0.3) is 0 Å². The highest BCUT2D eigenvalue weighted by Crippen LogP contribution is 2.17. The smallest absolute Gasteiger partial charge is 0.0791 e. The van der Waals surface area contributed by atoms with Crippen LogP contribution in [-0.4, -0.2) is 41.8 Å². The molecular formula is C16H26N2O. The fourth-order valence-corrected chi connectivity index (χ4v) is 2.82. The molecule has 0 radical (unpaired) electrons. The molecule has 1 aliphatic heterocycles. The minimum atomic E-state index is -0.263. The first-order valence-electron chi connectivity index (χ1n) is 7.32. The number of benzene rings is 1. The van der Waals surface area contributed by atoms with Crippen LogP contribution in [0.25, 0.3) is 0 Å². The normalized spacial score (nSPS) is 25.5. The summed E-state index contributed by atoms with van der Waals surface area (Å²) in [4.78, 5) is 2.43. The van der Waals surface area contributed by atoms with Crippen molar-refractivity contribution in [2.24, 2.45) is 5.92 Å². The summed E-state index contributed by atoms with van der Waals surface area (Å²) in [6.07, 6.45) is 0.910. The minimum absolute atomic E-state index is 0.263. The SMILES string of the molecule is CC(C)C[C@H]1CNCC(O)CN1Cc1ccccc1. The van der Waals surface area contributed by atoms with Gasteiger partial charge >= 0.3 is 0 Å². The molecule has 19 heavy (non-hydrogen) atoms. The van der Waals surface area contributed by atoms with Crippen molar-refractivity contribution in [1.29, 1.82) is 0 Å². The van der Waals surface area contributed by atoms with Crippen LogP contribution in [0.15, 0.2) is 30.3 Å². The van der Waals surface area contributed by atoms with E-state index < -0.39 is 0 Å². The van der Waals surface area contributed by atoms with Crippen LogP contribution in [0.5, 0.6) is 0 Å². The summed E-state index contributed by atoms with van der Waals surface area (Å²) < 4.78 is 0. The zero-order chi connectivity index (χ0) is 13.7. The van der Waals surface area contributed by atoms with E-state index in [4.69, 9.17) is 0 Å². The highest BCUT2D eigenvalue weighted by Gasteiger charge is 2.25. The Morgan fingerprint density at radius 2 is 2.00 bits per heavy atom. The van der Waals surface area contributed by atoms with Gasteiger partial charge in [-0.1, -0.05) is 44.2 Å². The molecule has 1 aromatic carbocycles. The molecule has 0 spiro atoms. The van der Waals surface area contributed by atoms with E-state index in [-0.39, 0.29) is 6.10 Å². The van der Waals surface area contributed by atoms with Crippen molar-refractivity contribution in [2.45, 2.75) is 39.0 Å². The van der Waals surface area contributed by atoms with Gasteiger partial charge in [-0.05, 0) is 17.9 Å². The second-order valence-corrected chi connectivity index (χ2v) is 6.01. The first-order valence-corrected chi connectivity index (χ1v) is 7.32. The molecule has 106 valence electrons. The lowest BCUT2D eigenvalue weighted by Gasteiger charge is -2.31. The van der Waals surface area contributed by atoms with Gasteiger partial charge in [-0.15, -0.1) is 0 Å². The maximum absolute atomic E-state index is 9.99. The van der Waals surface area contributed by atoms with E-state index in [1.807, 2.05) is 6.07 Å². The van der Waals surface area contributed by atoms with E-state index in [0.29, 0.717) is 18.5 Å². The summed E-state index contributed by atoms with van der Waals surface area (Å²) >= 11 is 0. The highest BCUT2D eigenvalue weighted by atomic mass is 16.3. The van der Waals surface area contributed by atoms with Crippen LogP contribution in [0.1, 0.15) is 25.8 Å².